The van der Waals surface area contributed by atoms with Gasteiger partial charge in [-0.3, -0.25) is 0 Å². The number of aromatic nitrogens is 4. The molecule has 8 rings (SSSR count). The van der Waals surface area contributed by atoms with E-state index in [-0.39, 0.29) is 48.6 Å². The Bertz CT molecular complexity index is 2530. The SMILES string of the molecule is Cc1c(Cl)ncnc1OC1CC2CCCC(C1)N2C(=O)OC(C)(C)C.[C-]#[N+]c1ccc(N)c(Cl)c1.[C-]#[N+]c1ccc(Nc2ncnc(OC3CC4CCCC(C3)N4C(=O)OC(C)(C)C)c2C)c(Cl)c1. The van der Waals surface area contributed by atoms with Gasteiger partial charge in [-0.2, -0.15) is 0 Å². The number of piperidine rings is 4. The van der Waals surface area contributed by atoms with E-state index in [4.69, 9.17) is 72.6 Å². The molecule has 4 bridgehead atoms. The lowest BCUT2D eigenvalue weighted by Crippen LogP contribution is -2.57. The molecule has 0 saturated carbocycles. The van der Waals surface area contributed by atoms with Crippen LogP contribution in [-0.2, 0) is 9.47 Å². The molecule has 2 amide bonds. The van der Waals surface area contributed by atoms with Gasteiger partial charge in [0.15, 0.2) is 11.4 Å². The normalized spacial score (nSPS) is 21.6. The highest BCUT2D eigenvalue weighted by Gasteiger charge is 2.45. The zero-order valence-corrected chi connectivity index (χ0v) is 42.7. The highest BCUT2D eigenvalue weighted by molar-refractivity contribution is 6.34. The number of rotatable bonds is 6. The van der Waals surface area contributed by atoms with Gasteiger partial charge in [0.25, 0.3) is 0 Å². The standard InChI is InChI=1S/C25H30ClN5O3.C18H26ClN3O3.C7H5ClN2/c1-15-22(30-21-10-9-16(27-5)11-20(21)26)28-14-29-23(15)33-19-12-17-7-6-8-18(13-19)31(17)24(32)34-25(2,3)4;1-11-15(19)20-10-21-16(11)24-14-8-12-6-5-7-13(9-14)22(12)17(23)25-18(2,3)4;1-10-5-2-3-7(9)6(8)4-5/h9-11,14,17-19H,6-8,12-13H2,1-4H3,(H,28,29,30);10,12-14H,5-9H2,1-4H3;2-4H,9H2. The minimum atomic E-state index is -0.514. The van der Waals surface area contributed by atoms with Crippen molar-refractivity contribution in [2.45, 2.75) is 167 Å². The quantitative estimate of drug-likeness (QED) is 0.106. The topological polar surface area (TPSA) is 176 Å². The molecule has 0 spiro atoms. The first-order valence-electron chi connectivity index (χ1n) is 23.1. The zero-order chi connectivity index (χ0) is 50.2. The van der Waals surface area contributed by atoms with Crippen molar-refractivity contribution in [2.24, 2.45) is 0 Å². The average molecular weight is 1000 g/mol. The average Bonchev–Trinajstić information content (AvgIpc) is 3.27. The molecule has 0 radical (unpaired) electrons. The third kappa shape index (κ3) is 14.1. The molecule has 16 nitrogen and oxygen atoms in total. The first kappa shape index (κ1) is 52.6. The third-order valence-electron chi connectivity index (χ3n) is 12.1. The Morgan fingerprint density at radius 2 is 1.10 bits per heavy atom. The number of amides is 2. The second-order valence-electron chi connectivity index (χ2n) is 19.6. The molecule has 4 atom stereocenters. The Hall–Kier alpha value is -5.81. The third-order valence-corrected chi connectivity index (χ3v) is 13.1. The lowest BCUT2D eigenvalue weighted by molar-refractivity contribution is -0.0423. The Morgan fingerprint density at radius 3 is 1.54 bits per heavy atom. The summed E-state index contributed by atoms with van der Waals surface area (Å²) in [6, 6.07) is 10.4. The van der Waals surface area contributed by atoms with Crippen molar-refractivity contribution in [2.75, 3.05) is 11.1 Å². The molecule has 4 saturated heterocycles. The number of nitrogens with one attached hydrogen (secondary N) is 1. The monoisotopic (exact) mass is 1000 g/mol. The molecule has 368 valence electrons. The molecule has 0 aliphatic carbocycles. The van der Waals surface area contributed by atoms with E-state index in [2.05, 4.69) is 34.9 Å². The molecule has 6 heterocycles. The van der Waals surface area contributed by atoms with Crippen LogP contribution >= 0.6 is 34.8 Å². The molecule has 4 aliphatic heterocycles. The van der Waals surface area contributed by atoms with Gasteiger partial charge in [-0.15, -0.1) is 0 Å². The van der Waals surface area contributed by atoms with Crippen LogP contribution in [0.4, 0.5) is 38.2 Å². The Balaban J connectivity index is 0.000000195. The maximum absolute atomic E-state index is 12.8. The van der Waals surface area contributed by atoms with Crippen LogP contribution in [0, 0.1) is 27.0 Å². The van der Waals surface area contributed by atoms with Crippen molar-refractivity contribution >= 4 is 75.6 Å². The van der Waals surface area contributed by atoms with Crippen LogP contribution in [0.2, 0.25) is 15.2 Å². The van der Waals surface area contributed by atoms with Crippen LogP contribution in [-0.4, -0.2) is 89.5 Å². The van der Waals surface area contributed by atoms with Crippen LogP contribution in [0.3, 0.4) is 0 Å². The van der Waals surface area contributed by atoms with E-state index in [9.17, 15) is 9.59 Å². The highest BCUT2D eigenvalue weighted by atomic mass is 35.5. The molecule has 4 unspecified atom stereocenters. The minimum Gasteiger partial charge on any atom is -0.474 e. The summed E-state index contributed by atoms with van der Waals surface area (Å²) in [7, 11) is 0. The van der Waals surface area contributed by atoms with Crippen molar-refractivity contribution in [3.63, 3.8) is 0 Å². The summed E-state index contributed by atoms with van der Waals surface area (Å²) in [5, 5.41) is 4.51. The summed E-state index contributed by atoms with van der Waals surface area (Å²) in [5.41, 5.74) is 8.09. The van der Waals surface area contributed by atoms with Gasteiger partial charge in [0.1, 0.15) is 47.0 Å². The van der Waals surface area contributed by atoms with Crippen LogP contribution in [0.1, 0.15) is 117 Å². The minimum absolute atomic E-state index is 0.0265. The lowest BCUT2D eigenvalue weighted by Gasteiger charge is -2.48. The number of fused-ring (bicyclic) bond motifs is 4. The van der Waals surface area contributed by atoms with Crippen molar-refractivity contribution in [1.29, 1.82) is 0 Å². The Morgan fingerprint density at radius 1 is 0.667 bits per heavy atom. The molecule has 3 N–H and O–H groups in total. The predicted molar refractivity (Wildman–Crippen MR) is 268 cm³/mol. The number of carbonyl (C=O) groups excluding carboxylic acids is 2. The number of ether oxygens (including phenoxy) is 4. The summed E-state index contributed by atoms with van der Waals surface area (Å²) < 4.78 is 23.8. The first-order valence-corrected chi connectivity index (χ1v) is 24.3. The van der Waals surface area contributed by atoms with Gasteiger partial charge >= 0.3 is 12.2 Å². The second-order valence-corrected chi connectivity index (χ2v) is 20.8. The molecule has 4 fully saturated rings. The van der Waals surface area contributed by atoms with Gasteiger partial charge in [0, 0.05) is 61.1 Å². The number of hydrogen-bond donors (Lipinski definition) is 2. The van der Waals surface area contributed by atoms with Gasteiger partial charge in [-0.05, 0) is 118 Å². The molecule has 4 aliphatic rings. The smallest absolute Gasteiger partial charge is 0.410 e. The predicted octanol–water partition coefficient (Wildman–Crippen LogP) is 13.0. The van der Waals surface area contributed by atoms with E-state index in [1.807, 2.05) is 65.2 Å². The van der Waals surface area contributed by atoms with E-state index in [0.29, 0.717) is 55.5 Å². The van der Waals surface area contributed by atoms with E-state index in [0.717, 1.165) is 75.3 Å². The number of nitrogens with zero attached hydrogens (tertiary/aromatic N) is 8. The maximum Gasteiger partial charge on any atom is 0.410 e. The van der Waals surface area contributed by atoms with Crippen molar-refractivity contribution < 1.29 is 28.5 Å². The van der Waals surface area contributed by atoms with Crippen LogP contribution in [0.25, 0.3) is 9.69 Å². The number of hydrogen-bond acceptors (Lipinski definition) is 12. The first-order chi connectivity index (χ1) is 32.6. The van der Waals surface area contributed by atoms with Gasteiger partial charge < -0.3 is 39.8 Å². The van der Waals surface area contributed by atoms with Gasteiger partial charge in [0.05, 0.1) is 34.4 Å². The van der Waals surface area contributed by atoms with E-state index >= 15 is 0 Å². The molecule has 19 heteroatoms. The van der Waals surface area contributed by atoms with Crippen molar-refractivity contribution in [3.05, 3.63) is 98.2 Å². The van der Waals surface area contributed by atoms with Gasteiger partial charge in [0.2, 0.25) is 11.8 Å². The Kier molecular flexibility index (Phi) is 17.3. The van der Waals surface area contributed by atoms with E-state index in [1.54, 1.807) is 36.4 Å². The van der Waals surface area contributed by atoms with E-state index < -0.39 is 11.2 Å². The largest absolute Gasteiger partial charge is 0.474 e. The summed E-state index contributed by atoms with van der Waals surface area (Å²) in [5.74, 6) is 1.64. The number of nitrogens with two attached hydrogens (primary N) is 1. The number of benzene rings is 2. The van der Waals surface area contributed by atoms with E-state index in [1.165, 1.54) is 12.7 Å². The summed E-state index contributed by atoms with van der Waals surface area (Å²) in [6.07, 6.45) is 11.6. The molecule has 69 heavy (non-hydrogen) atoms. The number of anilines is 3. The number of nitrogen functional groups attached to an aromatic ring is 1. The summed E-state index contributed by atoms with van der Waals surface area (Å²) in [4.78, 5) is 52.8. The van der Waals surface area contributed by atoms with Crippen LogP contribution < -0.4 is 20.5 Å². The zero-order valence-electron chi connectivity index (χ0n) is 40.4. The van der Waals surface area contributed by atoms with Crippen molar-refractivity contribution in [3.8, 4) is 11.8 Å². The molecule has 4 aromatic rings. The van der Waals surface area contributed by atoms with Crippen LogP contribution in [0.5, 0.6) is 11.8 Å². The summed E-state index contributed by atoms with van der Waals surface area (Å²) >= 11 is 18.0. The van der Waals surface area contributed by atoms with Gasteiger partial charge in [-0.1, -0.05) is 46.9 Å². The molecule has 2 aromatic heterocycles. The maximum atomic E-state index is 12.8. The molecular formula is C50H61Cl3N10O6. The van der Waals surface area contributed by atoms with Crippen LogP contribution in [0.15, 0.2) is 49.1 Å². The number of halogens is 3. The van der Waals surface area contributed by atoms with Crippen molar-refractivity contribution in [1.82, 2.24) is 29.7 Å². The summed E-state index contributed by atoms with van der Waals surface area (Å²) in [6.45, 7) is 28.9. The fraction of sp³-hybridized carbons (Fsp3) is 0.520. The fourth-order valence-corrected chi connectivity index (χ4v) is 9.52. The molecular weight excluding hydrogens is 943 g/mol. The highest BCUT2D eigenvalue weighted by Crippen LogP contribution is 2.40. The fourth-order valence-electron chi connectivity index (χ4n) is 9.00. The second kappa shape index (κ2) is 22.7. The lowest BCUT2D eigenvalue weighted by atomic mass is 9.83. The molecule has 2 aromatic carbocycles. The Labute approximate surface area is 420 Å². The van der Waals surface area contributed by atoms with Gasteiger partial charge in [-0.25, -0.2) is 39.2 Å². The number of carbonyl (C=O) groups is 2.